The third-order valence-electron chi connectivity index (χ3n) is 7.97. The van der Waals surface area contributed by atoms with Crippen LogP contribution >= 0.6 is 0 Å². The van der Waals surface area contributed by atoms with E-state index in [-0.39, 0.29) is 11.6 Å². The summed E-state index contributed by atoms with van der Waals surface area (Å²) in [6.07, 6.45) is 0.702. The Morgan fingerprint density at radius 2 is 1.06 bits per heavy atom. The molecule has 0 aromatic heterocycles. The van der Waals surface area contributed by atoms with Gasteiger partial charge in [0.05, 0.1) is 37.5 Å². The summed E-state index contributed by atoms with van der Waals surface area (Å²) in [5, 5.41) is 0. The smallest absolute Gasteiger partial charge is 0.182 e. The molecule has 2 fully saturated rings. The van der Waals surface area contributed by atoms with Crippen LogP contribution < -0.4 is 4.74 Å². The number of carbonyl (C=O) groups is 2. The van der Waals surface area contributed by atoms with Crippen LogP contribution in [0.1, 0.15) is 59.5 Å². The molecule has 0 amide bonds. The van der Waals surface area contributed by atoms with Gasteiger partial charge in [0.2, 0.25) is 0 Å². The summed E-state index contributed by atoms with van der Waals surface area (Å²) in [4.78, 5) is 31.4. The Labute approximate surface area is 213 Å². The first-order valence-corrected chi connectivity index (χ1v) is 12.9. The molecule has 3 heterocycles. The second kappa shape index (κ2) is 9.71. The lowest BCUT2D eigenvalue weighted by Gasteiger charge is -2.39. The van der Waals surface area contributed by atoms with Crippen LogP contribution in [0, 0.1) is 0 Å². The van der Waals surface area contributed by atoms with Crippen molar-refractivity contribution in [2.24, 2.45) is 0 Å². The van der Waals surface area contributed by atoms with Crippen molar-refractivity contribution < 1.29 is 23.8 Å². The molecule has 36 heavy (non-hydrogen) atoms. The fourth-order valence-electron chi connectivity index (χ4n) is 5.44. The number of Topliss-reactive ketones (excluding diaryl/α,β-unsaturated/α-hetero) is 2. The van der Waals surface area contributed by atoms with Crippen LogP contribution in [0.25, 0.3) is 0 Å². The molecular formula is C29H36N2O5. The summed E-state index contributed by atoms with van der Waals surface area (Å²) in [7, 11) is 0. The summed E-state index contributed by atoms with van der Waals surface area (Å²) in [6.45, 7) is 13.4. The number of morpholine rings is 2. The van der Waals surface area contributed by atoms with Crippen molar-refractivity contribution in [2.75, 3.05) is 52.6 Å². The molecule has 192 valence electrons. The fraction of sp³-hybridized carbons (Fsp3) is 0.517. The summed E-state index contributed by atoms with van der Waals surface area (Å²) in [5.74, 6) is 1.50. The van der Waals surface area contributed by atoms with Crippen molar-refractivity contribution in [2.45, 2.75) is 45.2 Å². The Balaban J connectivity index is 1.37. The minimum Gasteiger partial charge on any atom is -0.457 e. The number of ether oxygens (including phenoxy) is 3. The van der Waals surface area contributed by atoms with Crippen LogP contribution in [0.5, 0.6) is 11.5 Å². The second-order valence-corrected chi connectivity index (χ2v) is 10.9. The number of hydrogen-bond acceptors (Lipinski definition) is 7. The van der Waals surface area contributed by atoms with Crippen molar-refractivity contribution in [3.8, 4) is 11.5 Å². The van der Waals surface area contributed by atoms with E-state index in [1.807, 2.05) is 64.1 Å². The van der Waals surface area contributed by atoms with Crippen LogP contribution in [0.4, 0.5) is 0 Å². The maximum absolute atomic E-state index is 13.5. The van der Waals surface area contributed by atoms with E-state index >= 15 is 0 Å². The summed E-state index contributed by atoms with van der Waals surface area (Å²) in [5.41, 5.74) is 2.08. The largest absolute Gasteiger partial charge is 0.457 e. The predicted molar refractivity (Wildman–Crippen MR) is 137 cm³/mol. The van der Waals surface area contributed by atoms with Gasteiger partial charge in [0.25, 0.3) is 0 Å². The molecule has 0 bridgehead atoms. The molecule has 0 atom stereocenters. The molecule has 2 saturated heterocycles. The number of fused-ring (bicyclic) bond motifs is 2. The number of benzene rings is 2. The lowest BCUT2D eigenvalue weighted by atomic mass is 9.88. The summed E-state index contributed by atoms with van der Waals surface area (Å²) < 4.78 is 17.2. The normalized spacial score (nSPS) is 19.2. The lowest BCUT2D eigenvalue weighted by molar-refractivity contribution is -0.00442. The number of carbonyl (C=O) groups excluding carboxylic acids is 2. The summed E-state index contributed by atoms with van der Waals surface area (Å²) in [6, 6.07) is 11.5. The highest BCUT2D eigenvalue weighted by Crippen LogP contribution is 2.39. The average molecular weight is 493 g/mol. The van der Waals surface area contributed by atoms with Gasteiger partial charge in [-0.05, 0) is 51.0 Å². The number of rotatable bonds is 6. The van der Waals surface area contributed by atoms with Crippen LogP contribution in [0.3, 0.4) is 0 Å². The highest BCUT2D eigenvalue weighted by Gasteiger charge is 2.38. The van der Waals surface area contributed by atoms with Gasteiger partial charge in [-0.1, -0.05) is 24.3 Å². The van der Waals surface area contributed by atoms with E-state index < -0.39 is 11.1 Å². The molecule has 2 aromatic carbocycles. The third kappa shape index (κ3) is 4.61. The Morgan fingerprint density at radius 3 is 1.44 bits per heavy atom. The van der Waals surface area contributed by atoms with Gasteiger partial charge in [0.1, 0.15) is 11.5 Å². The van der Waals surface area contributed by atoms with Crippen LogP contribution in [0.2, 0.25) is 0 Å². The van der Waals surface area contributed by atoms with Crippen LogP contribution in [-0.4, -0.2) is 85.1 Å². The van der Waals surface area contributed by atoms with E-state index in [9.17, 15) is 9.59 Å². The van der Waals surface area contributed by atoms with E-state index in [0.717, 1.165) is 37.3 Å². The average Bonchev–Trinajstić information content (AvgIpc) is 2.91. The van der Waals surface area contributed by atoms with Crippen molar-refractivity contribution in [1.29, 1.82) is 0 Å². The van der Waals surface area contributed by atoms with Gasteiger partial charge < -0.3 is 14.2 Å². The zero-order valence-corrected chi connectivity index (χ0v) is 21.8. The van der Waals surface area contributed by atoms with Crippen LogP contribution in [0.15, 0.2) is 36.4 Å². The molecule has 0 saturated carbocycles. The van der Waals surface area contributed by atoms with Gasteiger partial charge in [-0.3, -0.25) is 19.4 Å². The standard InChI is InChI=1S/C29H36N2O5/c1-28(2,30-9-13-34-14-10-30)26(32)22-7-5-20-17-21-6-8-23(19-25(21)36-24(20)18-22)27(33)29(3,4)31-11-15-35-16-12-31/h5-8,18-19H,9-17H2,1-4H3. The maximum atomic E-state index is 13.5. The Morgan fingerprint density at radius 1 is 0.667 bits per heavy atom. The van der Waals surface area contributed by atoms with Crippen molar-refractivity contribution in [3.05, 3.63) is 58.7 Å². The SMILES string of the molecule is CC(C)(C(=O)c1ccc2c(c1)Oc1cc(C(=O)C(C)(C)N3CCOCC3)ccc1C2)N1CCOCC1. The van der Waals surface area contributed by atoms with E-state index in [1.165, 1.54) is 0 Å². The quantitative estimate of drug-likeness (QED) is 0.483. The first-order valence-electron chi connectivity index (χ1n) is 12.9. The van der Waals surface area contributed by atoms with Gasteiger partial charge >= 0.3 is 0 Å². The van der Waals surface area contributed by atoms with Gasteiger partial charge in [-0.15, -0.1) is 0 Å². The minimum absolute atomic E-state index is 0.0674. The van der Waals surface area contributed by atoms with Gasteiger partial charge in [-0.2, -0.15) is 0 Å². The third-order valence-corrected chi connectivity index (χ3v) is 7.97. The number of ketones is 2. The van der Waals surface area contributed by atoms with E-state index in [4.69, 9.17) is 14.2 Å². The van der Waals surface area contributed by atoms with Gasteiger partial charge in [-0.25, -0.2) is 0 Å². The van der Waals surface area contributed by atoms with Gasteiger partial charge in [0, 0.05) is 43.7 Å². The molecule has 2 aromatic rings. The molecule has 7 heteroatoms. The monoisotopic (exact) mass is 492 g/mol. The molecular weight excluding hydrogens is 456 g/mol. The molecule has 3 aliphatic heterocycles. The summed E-state index contributed by atoms with van der Waals surface area (Å²) >= 11 is 0. The van der Waals surface area contributed by atoms with Crippen LogP contribution in [-0.2, 0) is 15.9 Å². The second-order valence-electron chi connectivity index (χ2n) is 10.9. The number of hydrogen-bond donors (Lipinski definition) is 0. The van der Waals surface area contributed by atoms with Gasteiger partial charge in [0.15, 0.2) is 11.6 Å². The molecule has 0 spiro atoms. The Hall–Kier alpha value is -2.58. The lowest BCUT2D eigenvalue weighted by Crippen LogP contribution is -2.54. The molecule has 0 unspecified atom stereocenters. The molecule has 3 aliphatic rings. The van der Waals surface area contributed by atoms with E-state index in [1.54, 1.807) is 0 Å². The number of nitrogens with zero attached hydrogens (tertiary/aromatic N) is 2. The first-order chi connectivity index (χ1) is 17.2. The zero-order chi connectivity index (χ0) is 25.5. The van der Waals surface area contributed by atoms with E-state index in [0.29, 0.717) is 55.5 Å². The van der Waals surface area contributed by atoms with Crippen molar-refractivity contribution >= 4 is 11.6 Å². The molecule has 0 aliphatic carbocycles. The molecule has 7 nitrogen and oxygen atoms in total. The Kier molecular flexibility index (Phi) is 6.76. The predicted octanol–water partition coefficient (Wildman–Crippen LogP) is 3.97. The minimum atomic E-state index is -0.630. The topological polar surface area (TPSA) is 68.3 Å². The van der Waals surface area contributed by atoms with Crippen molar-refractivity contribution in [1.82, 2.24) is 9.80 Å². The maximum Gasteiger partial charge on any atom is 0.182 e. The fourth-order valence-corrected chi connectivity index (χ4v) is 5.44. The highest BCUT2D eigenvalue weighted by atomic mass is 16.5. The Bertz CT molecular complexity index is 1070. The molecule has 0 radical (unpaired) electrons. The first kappa shape index (κ1) is 25.1. The van der Waals surface area contributed by atoms with Crippen molar-refractivity contribution in [3.63, 3.8) is 0 Å². The molecule has 5 rings (SSSR count). The zero-order valence-electron chi connectivity index (χ0n) is 21.8. The van der Waals surface area contributed by atoms with E-state index in [2.05, 4.69) is 9.80 Å². The highest BCUT2D eigenvalue weighted by molar-refractivity contribution is 6.04. The molecule has 0 N–H and O–H groups in total.